The Morgan fingerprint density at radius 1 is 1.10 bits per heavy atom. The molecule has 0 aliphatic carbocycles. The molecule has 29 heavy (non-hydrogen) atoms. The number of aryl methyl sites for hydroxylation is 1. The van der Waals surface area contributed by atoms with E-state index in [9.17, 15) is 18.4 Å². The van der Waals surface area contributed by atoms with Gasteiger partial charge in [0.25, 0.3) is 0 Å². The van der Waals surface area contributed by atoms with Crippen LogP contribution in [0.5, 0.6) is 0 Å². The van der Waals surface area contributed by atoms with Crippen LogP contribution in [0.2, 0.25) is 0 Å². The van der Waals surface area contributed by atoms with Crippen molar-refractivity contribution in [1.29, 1.82) is 0 Å². The minimum absolute atomic E-state index is 0.166. The van der Waals surface area contributed by atoms with Crippen LogP contribution in [0.25, 0.3) is 10.9 Å². The molecule has 2 amide bonds. The number of para-hydroxylation sites is 1. The number of carbonyl (C=O) groups excluding carboxylic acids is 2. The molecule has 1 unspecified atom stereocenters. The van der Waals surface area contributed by atoms with Crippen molar-refractivity contribution >= 4 is 28.4 Å². The van der Waals surface area contributed by atoms with Gasteiger partial charge >= 0.3 is 11.8 Å². The Morgan fingerprint density at radius 3 is 2.55 bits per heavy atom. The van der Waals surface area contributed by atoms with Gasteiger partial charge in [0.05, 0.1) is 11.7 Å². The Morgan fingerprint density at radius 2 is 1.83 bits per heavy atom. The fraction of sp³-hybridized carbons (Fsp3) is 0.238. The summed E-state index contributed by atoms with van der Waals surface area (Å²) in [7, 11) is 5.69. The summed E-state index contributed by atoms with van der Waals surface area (Å²) >= 11 is 0. The van der Waals surface area contributed by atoms with Crippen molar-refractivity contribution in [2.24, 2.45) is 7.05 Å². The quantitative estimate of drug-likeness (QED) is 0.648. The lowest BCUT2D eigenvalue weighted by Crippen LogP contribution is -2.40. The molecular weight excluding hydrogens is 378 g/mol. The highest BCUT2D eigenvalue weighted by molar-refractivity contribution is 6.39. The van der Waals surface area contributed by atoms with Crippen molar-refractivity contribution in [2.75, 3.05) is 26.0 Å². The molecule has 0 spiro atoms. The monoisotopic (exact) mass is 400 g/mol. The van der Waals surface area contributed by atoms with E-state index in [2.05, 4.69) is 10.6 Å². The van der Waals surface area contributed by atoms with Crippen molar-refractivity contribution in [2.45, 2.75) is 6.04 Å². The highest BCUT2D eigenvalue weighted by Crippen LogP contribution is 2.28. The molecule has 3 rings (SSSR count). The van der Waals surface area contributed by atoms with Gasteiger partial charge in [0.1, 0.15) is 11.6 Å². The summed E-state index contributed by atoms with van der Waals surface area (Å²) < 4.78 is 28.9. The first-order chi connectivity index (χ1) is 13.8. The Hall–Kier alpha value is -3.26. The molecule has 0 saturated heterocycles. The van der Waals surface area contributed by atoms with Gasteiger partial charge < -0.3 is 20.1 Å². The van der Waals surface area contributed by atoms with Crippen LogP contribution in [0.15, 0.2) is 48.7 Å². The number of anilines is 1. The Labute approximate surface area is 167 Å². The zero-order chi connectivity index (χ0) is 21.1. The van der Waals surface area contributed by atoms with E-state index in [0.717, 1.165) is 34.7 Å². The average molecular weight is 400 g/mol. The van der Waals surface area contributed by atoms with Crippen molar-refractivity contribution in [3.63, 3.8) is 0 Å². The summed E-state index contributed by atoms with van der Waals surface area (Å²) in [5.41, 5.74) is 1.67. The minimum Gasteiger partial charge on any atom is -0.350 e. The fourth-order valence-electron chi connectivity index (χ4n) is 3.25. The van der Waals surface area contributed by atoms with E-state index in [-0.39, 0.29) is 18.3 Å². The topological polar surface area (TPSA) is 66.4 Å². The molecular formula is C21H22F2N4O2. The number of likely N-dealkylation sites (N-methyl/N-ethyl adjacent to an activating group) is 1. The highest BCUT2D eigenvalue weighted by atomic mass is 19.1. The average Bonchev–Trinajstić information content (AvgIpc) is 3.01. The van der Waals surface area contributed by atoms with Crippen molar-refractivity contribution in [3.8, 4) is 0 Å². The van der Waals surface area contributed by atoms with Gasteiger partial charge in [-0.3, -0.25) is 9.59 Å². The highest BCUT2D eigenvalue weighted by Gasteiger charge is 2.22. The van der Waals surface area contributed by atoms with Crippen LogP contribution < -0.4 is 10.6 Å². The summed E-state index contributed by atoms with van der Waals surface area (Å²) in [4.78, 5) is 26.2. The van der Waals surface area contributed by atoms with Crippen LogP contribution in [0.1, 0.15) is 11.6 Å². The minimum atomic E-state index is -1.06. The number of nitrogens with one attached hydrogen (secondary N) is 2. The number of carbonyl (C=O) groups is 2. The Balaban J connectivity index is 1.72. The molecule has 0 aliphatic heterocycles. The number of rotatable bonds is 5. The molecule has 1 aromatic heterocycles. The van der Waals surface area contributed by atoms with E-state index < -0.39 is 23.4 Å². The second-order valence-corrected chi connectivity index (χ2v) is 6.98. The van der Waals surface area contributed by atoms with Gasteiger partial charge in [-0.1, -0.05) is 18.2 Å². The predicted molar refractivity (Wildman–Crippen MR) is 107 cm³/mol. The summed E-state index contributed by atoms with van der Waals surface area (Å²) in [6.07, 6.45) is 1.99. The van der Waals surface area contributed by atoms with Crippen molar-refractivity contribution in [1.82, 2.24) is 14.8 Å². The van der Waals surface area contributed by atoms with E-state index >= 15 is 0 Å². The molecule has 0 saturated carbocycles. The zero-order valence-electron chi connectivity index (χ0n) is 16.4. The zero-order valence-corrected chi connectivity index (χ0v) is 16.4. The van der Waals surface area contributed by atoms with E-state index in [4.69, 9.17) is 0 Å². The lowest BCUT2D eigenvalue weighted by Gasteiger charge is -2.24. The molecule has 1 heterocycles. The number of benzene rings is 2. The normalized spacial score (nSPS) is 12.2. The first kappa shape index (κ1) is 20.5. The molecule has 8 heteroatoms. The summed E-state index contributed by atoms with van der Waals surface area (Å²) in [5, 5.41) is 5.72. The number of halogens is 2. The number of aromatic nitrogens is 1. The van der Waals surface area contributed by atoms with Gasteiger partial charge in [0.15, 0.2) is 0 Å². The summed E-state index contributed by atoms with van der Waals surface area (Å²) in [5.74, 6) is -3.54. The molecule has 6 nitrogen and oxygen atoms in total. The van der Waals surface area contributed by atoms with Crippen molar-refractivity contribution in [3.05, 3.63) is 65.9 Å². The predicted octanol–water partition coefficient (Wildman–Crippen LogP) is 2.81. The standard InChI is InChI=1S/C21H22F2N4O2/c1-26(2)19(15-12-27(3)18-7-5-4-6-14(15)18)11-24-20(28)21(29)25-17-10-13(22)8-9-16(17)23/h4-10,12,19H,11H2,1-3H3,(H,24,28)(H,25,29). The van der Waals surface area contributed by atoms with E-state index in [0.29, 0.717) is 0 Å². The van der Waals surface area contributed by atoms with Gasteiger partial charge in [0, 0.05) is 36.8 Å². The van der Waals surface area contributed by atoms with Gasteiger partial charge in [-0.05, 0) is 37.9 Å². The van der Waals surface area contributed by atoms with Crippen LogP contribution >= 0.6 is 0 Å². The maximum Gasteiger partial charge on any atom is 0.313 e. The van der Waals surface area contributed by atoms with Gasteiger partial charge in [0.2, 0.25) is 0 Å². The van der Waals surface area contributed by atoms with Gasteiger partial charge in [-0.25, -0.2) is 8.78 Å². The van der Waals surface area contributed by atoms with Gasteiger partial charge in [-0.2, -0.15) is 0 Å². The third-order valence-corrected chi connectivity index (χ3v) is 4.75. The van der Waals surface area contributed by atoms with Crippen molar-refractivity contribution < 1.29 is 18.4 Å². The molecule has 0 fully saturated rings. The first-order valence-corrected chi connectivity index (χ1v) is 9.02. The number of nitrogens with zero attached hydrogens (tertiary/aromatic N) is 2. The molecule has 3 aromatic rings. The SMILES string of the molecule is CN(C)C(CNC(=O)C(=O)Nc1cc(F)ccc1F)c1cn(C)c2ccccc12. The van der Waals surface area contributed by atoms with Crippen LogP contribution in [-0.2, 0) is 16.6 Å². The maximum absolute atomic E-state index is 13.7. The van der Waals surface area contributed by atoms with E-state index in [1.54, 1.807) is 0 Å². The molecule has 0 aliphatic rings. The fourth-order valence-corrected chi connectivity index (χ4v) is 3.25. The Bertz CT molecular complexity index is 1060. The first-order valence-electron chi connectivity index (χ1n) is 9.02. The lowest BCUT2D eigenvalue weighted by molar-refractivity contribution is -0.136. The molecule has 152 valence electrons. The summed E-state index contributed by atoms with van der Waals surface area (Å²) in [6, 6.07) is 10.3. The van der Waals surface area contributed by atoms with Crippen LogP contribution in [0, 0.1) is 11.6 Å². The number of fused-ring (bicyclic) bond motifs is 1. The summed E-state index contributed by atoms with van der Waals surface area (Å²) in [6.45, 7) is 0.166. The van der Waals surface area contributed by atoms with Gasteiger partial charge in [-0.15, -0.1) is 0 Å². The largest absolute Gasteiger partial charge is 0.350 e. The molecule has 0 bridgehead atoms. The van der Waals surface area contributed by atoms with E-state index in [1.165, 1.54) is 0 Å². The maximum atomic E-state index is 13.7. The molecule has 1 atom stereocenters. The lowest BCUT2D eigenvalue weighted by atomic mass is 10.0. The number of hydrogen-bond donors (Lipinski definition) is 2. The van der Waals surface area contributed by atoms with E-state index in [1.807, 2.05) is 61.1 Å². The Kier molecular flexibility index (Phi) is 5.93. The smallest absolute Gasteiger partial charge is 0.313 e. The van der Waals surface area contributed by atoms with Crippen LogP contribution in [-0.4, -0.2) is 41.9 Å². The molecule has 2 N–H and O–H groups in total. The molecule has 0 radical (unpaired) electrons. The second kappa shape index (κ2) is 8.40. The number of hydrogen-bond acceptors (Lipinski definition) is 3. The number of amides is 2. The molecule has 2 aromatic carbocycles. The third-order valence-electron chi connectivity index (χ3n) is 4.75. The van der Waals surface area contributed by atoms with Crippen LogP contribution in [0.4, 0.5) is 14.5 Å². The second-order valence-electron chi connectivity index (χ2n) is 6.98. The third kappa shape index (κ3) is 4.43. The van der Waals surface area contributed by atoms with Crippen LogP contribution in [0.3, 0.4) is 0 Å².